The minimum Gasteiger partial charge on any atom is -0.355 e. The number of unbranched alkanes of at least 4 members (excludes halogenated alkanes) is 18. The summed E-state index contributed by atoms with van der Waals surface area (Å²) >= 11 is 0. The highest BCUT2D eigenvalue weighted by Gasteiger charge is 2.21. The molecule has 0 aliphatic carbocycles. The molecule has 4 atom stereocenters. The van der Waals surface area contributed by atoms with Crippen LogP contribution in [0.4, 0.5) is 0 Å². The second-order valence-electron chi connectivity index (χ2n) is 18.0. The third-order valence-corrected chi connectivity index (χ3v) is 23.2. The lowest BCUT2D eigenvalue weighted by molar-refractivity contribution is -0.0960. The van der Waals surface area contributed by atoms with Crippen molar-refractivity contribution in [2.75, 3.05) is 64.5 Å². The van der Waals surface area contributed by atoms with Gasteiger partial charge >= 0.3 is 0 Å². The van der Waals surface area contributed by atoms with Crippen LogP contribution < -0.4 is 0 Å². The summed E-state index contributed by atoms with van der Waals surface area (Å²) in [4.78, 5) is 0. The third-order valence-electron chi connectivity index (χ3n) is 12.2. The van der Waals surface area contributed by atoms with Gasteiger partial charge in [0.1, 0.15) is 13.6 Å². The van der Waals surface area contributed by atoms with Crippen LogP contribution >= 0.6 is 41.2 Å². The number of rotatable bonds is 39. The third kappa shape index (κ3) is 35.0. The summed E-state index contributed by atoms with van der Waals surface area (Å²) in [5.41, 5.74) is 1.77. The molecule has 4 unspecified atom stereocenters. The van der Waals surface area contributed by atoms with Crippen molar-refractivity contribution in [3.8, 4) is 0 Å². The lowest BCUT2D eigenvalue weighted by Crippen LogP contribution is -2.37. The largest absolute Gasteiger partial charge is 0.355 e. The summed E-state index contributed by atoms with van der Waals surface area (Å²) in [6.45, 7) is 17.3. The maximum atomic E-state index is 6.24. The minimum absolute atomic E-state index is 0.156. The molecule has 346 valence electrons. The average Bonchev–Trinajstić information content (AvgIpc) is 3.21. The van der Waals surface area contributed by atoms with Gasteiger partial charge in [-0.2, -0.15) is 0 Å². The van der Waals surface area contributed by atoms with Gasteiger partial charge in [-0.1, -0.05) is 165 Å². The van der Waals surface area contributed by atoms with Crippen LogP contribution in [0.3, 0.4) is 0 Å². The van der Waals surface area contributed by atoms with Gasteiger partial charge in [-0.05, 0) is 121 Å². The average molecular weight is 926 g/mol. The monoisotopic (exact) mass is 925 g/mol. The fraction of sp³-hybridized carbons (Fsp3) is 1.00. The summed E-state index contributed by atoms with van der Waals surface area (Å²) in [5.74, 6) is 2.52. The summed E-state index contributed by atoms with van der Waals surface area (Å²) in [7, 11) is 7.83. The van der Waals surface area contributed by atoms with Crippen LogP contribution in [-0.4, -0.2) is 105 Å². The predicted molar refractivity (Wildman–Crippen MR) is 271 cm³/mol. The number of nitrogens with zero attached hydrogens (tertiary/aromatic N) is 2. The Bertz CT molecular complexity index is 798. The summed E-state index contributed by atoms with van der Waals surface area (Å²) in [6.07, 6.45) is 38.2. The first-order valence-corrected chi connectivity index (χ1v) is 33.1. The van der Waals surface area contributed by atoms with E-state index in [1.54, 1.807) is 0 Å². The first-order valence-electron chi connectivity index (χ1n) is 25.0. The second kappa shape index (κ2) is 42.5. The molecule has 0 radical (unpaired) electrons. The molecule has 0 bridgehead atoms. The van der Waals surface area contributed by atoms with E-state index in [9.17, 15) is 0 Å². The maximum absolute atomic E-state index is 6.24. The van der Waals surface area contributed by atoms with Gasteiger partial charge in [0.25, 0.3) is 0 Å². The van der Waals surface area contributed by atoms with Crippen LogP contribution in [0.25, 0.3) is 0 Å². The van der Waals surface area contributed by atoms with Crippen LogP contribution in [0.15, 0.2) is 0 Å². The Morgan fingerprint density at radius 2 is 0.810 bits per heavy atom. The Balaban J connectivity index is 1.40. The molecule has 58 heavy (non-hydrogen) atoms. The molecular weight excluding hydrogens is 829 g/mol. The number of hydrogen-bond acceptors (Lipinski definition) is 10. The molecule has 2 heterocycles. The predicted octanol–water partition coefficient (Wildman–Crippen LogP) is 13.8. The van der Waals surface area contributed by atoms with Crippen LogP contribution in [-0.2, 0) is 18.9 Å². The van der Waals surface area contributed by atoms with Gasteiger partial charge in [-0.25, -0.2) is 0 Å². The fourth-order valence-electron chi connectivity index (χ4n) is 8.46. The summed E-state index contributed by atoms with van der Waals surface area (Å²) < 4.78 is 30.0. The van der Waals surface area contributed by atoms with Crippen LogP contribution in [0.5, 0.6) is 0 Å². The molecule has 2 rings (SSSR count). The molecule has 2 fully saturated rings. The summed E-state index contributed by atoms with van der Waals surface area (Å²) in [6, 6.07) is 0. The van der Waals surface area contributed by atoms with Gasteiger partial charge in [-0.15, -0.1) is 0 Å². The van der Waals surface area contributed by atoms with Crippen LogP contribution in [0.2, 0.25) is 11.1 Å². The molecule has 2 aliphatic rings. The van der Waals surface area contributed by atoms with Gasteiger partial charge in [0.2, 0.25) is 0 Å². The number of ether oxygens (including phenoxy) is 4. The molecule has 0 aromatic rings. The lowest BCUT2D eigenvalue weighted by Gasteiger charge is -2.31. The molecule has 0 spiro atoms. The van der Waals surface area contributed by atoms with Crippen molar-refractivity contribution in [1.82, 2.24) is 9.13 Å². The van der Waals surface area contributed by atoms with E-state index in [0.29, 0.717) is 25.8 Å². The second-order valence-corrected chi connectivity index (χ2v) is 29.6. The number of hydrogen-bond donors (Lipinski definition) is 0. The van der Waals surface area contributed by atoms with Crippen molar-refractivity contribution in [2.45, 2.75) is 231 Å². The molecule has 0 N–H and O–H groups in total. The molecule has 0 aromatic carbocycles. The molecule has 2 saturated heterocycles. The van der Waals surface area contributed by atoms with E-state index < -0.39 is 0 Å². The standard InChI is InChI=1S/C46H96N2O4S4Si2/c1-5-7-9-11-13-15-17-19-21-23-37-49-41-51-45-29-27-43(3)57-47(35-31-45)33-25-39-53-55-56-54-40-26-34-48-36-32-46(30-28-44(4)58-48)52-42-50-38-24-22-20-18-16-14-12-10-8-6-2/h43-46H,5-42,57-58H2,1-4H3. The molecule has 6 nitrogen and oxygen atoms in total. The van der Waals surface area contributed by atoms with Crippen molar-refractivity contribution in [1.29, 1.82) is 0 Å². The normalized spacial score (nSPS) is 22.3. The van der Waals surface area contributed by atoms with Crippen LogP contribution in [0.1, 0.15) is 207 Å². The Morgan fingerprint density at radius 3 is 1.19 bits per heavy atom. The quantitative estimate of drug-likeness (QED) is 0.0258. The van der Waals surface area contributed by atoms with Crippen LogP contribution in [0, 0.1) is 0 Å². The van der Waals surface area contributed by atoms with Gasteiger partial charge < -0.3 is 28.1 Å². The van der Waals surface area contributed by atoms with Crippen molar-refractivity contribution in [2.24, 2.45) is 0 Å². The molecular formula is C46H96N2O4S4Si2. The minimum atomic E-state index is -0.156. The van der Waals surface area contributed by atoms with E-state index >= 15 is 0 Å². The van der Waals surface area contributed by atoms with E-state index in [0.717, 1.165) is 24.3 Å². The van der Waals surface area contributed by atoms with Gasteiger partial charge in [0, 0.05) is 24.7 Å². The smallest absolute Gasteiger partial charge is 0.147 e. The summed E-state index contributed by atoms with van der Waals surface area (Å²) in [5, 5.41) is 0. The Hall–Kier alpha value is 1.59. The Labute approximate surface area is 381 Å². The highest BCUT2D eigenvalue weighted by molar-refractivity contribution is 9.26. The zero-order valence-corrected chi connectivity index (χ0v) is 44.8. The highest BCUT2D eigenvalue weighted by Crippen LogP contribution is 2.43. The highest BCUT2D eigenvalue weighted by atomic mass is 33.7. The zero-order chi connectivity index (χ0) is 41.4. The van der Waals surface area contributed by atoms with Crippen molar-refractivity contribution in [3.05, 3.63) is 0 Å². The van der Waals surface area contributed by atoms with Gasteiger partial charge in [0.15, 0.2) is 0 Å². The molecule has 0 saturated carbocycles. The van der Waals surface area contributed by atoms with E-state index in [1.165, 1.54) is 217 Å². The van der Waals surface area contributed by atoms with E-state index in [1.807, 2.05) is 19.7 Å². The van der Waals surface area contributed by atoms with Gasteiger partial charge in [-0.3, -0.25) is 0 Å². The topological polar surface area (TPSA) is 43.4 Å². The Kier molecular flexibility index (Phi) is 40.9. The van der Waals surface area contributed by atoms with Gasteiger partial charge in [0.05, 0.1) is 31.6 Å². The van der Waals surface area contributed by atoms with E-state index in [-0.39, 0.29) is 19.4 Å². The molecule has 12 heteroatoms. The Morgan fingerprint density at radius 1 is 0.448 bits per heavy atom. The lowest BCUT2D eigenvalue weighted by atomic mass is 10.1. The van der Waals surface area contributed by atoms with E-state index in [4.69, 9.17) is 18.9 Å². The zero-order valence-electron chi connectivity index (χ0n) is 38.8. The van der Waals surface area contributed by atoms with Crippen molar-refractivity contribution >= 4 is 60.6 Å². The molecule has 2 aliphatic heterocycles. The molecule has 0 amide bonds. The first kappa shape index (κ1) is 55.7. The first-order chi connectivity index (χ1) is 28.6. The maximum Gasteiger partial charge on any atom is 0.147 e. The van der Waals surface area contributed by atoms with Crippen molar-refractivity contribution < 1.29 is 18.9 Å². The van der Waals surface area contributed by atoms with Crippen molar-refractivity contribution in [3.63, 3.8) is 0 Å². The molecule has 0 aromatic heterocycles. The van der Waals surface area contributed by atoms with E-state index in [2.05, 4.69) is 58.4 Å². The fourth-order valence-corrected chi connectivity index (χ4v) is 18.7. The SMILES string of the molecule is CCCCCCCCCCCCOCOC1CCC(C)[SiH2]N(CCCSSSSCCCN2CCC(OCOCCCCCCCCCCCC)CCC(C)[SiH2]2)CC1.